The number of benzene rings is 2. The molecule has 0 fully saturated rings. The molecule has 3 aromatic rings. The Morgan fingerprint density at radius 1 is 1.09 bits per heavy atom. The second kappa shape index (κ2) is 11.1. The molecule has 0 amide bonds. The van der Waals surface area contributed by atoms with Gasteiger partial charge in [0.15, 0.2) is 0 Å². The van der Waals surface area contributed by atoms with E-state index in [0.29, 0.717) is 17.9 Å². The maximum atomic E-state index is 14.0. The zero-order chi connectivity index (χ0) is 22.8. The Morgan fingerprint density at radius 2 is 1.85 bits per heavy atom. The summed E-state index contributed by atoms with van der Waals surface area (Å²) in [5, 5.41) is 11.4. The molecule has 0 radical (unpaired) electrons. The van der Waals surface area contributed by atoms with E-state index >= 15 is 0 Å². The second-order valence-corrected chi connectivity index (χ2v) is 8.61. The molecule has 2 aromatic carbocycles. The molecule has 0 atom stereocenters. The number of carboxylic acids is 1. The van der Waals surface area contributed by atoms with Crippen molar-refractivity contribution in [2.24, 2.45) is 0 Å². The van der Waals surface area contributed by atoms with Gasteiger partial charge in [-0.15, -0.1) is 0 Å². The Morgan fingerprint density at radius 3 is 2.58 bits per heavy atom. The van der Waals surface area contributed by atoms with E-state index in [9.17, 15) is 18.7 Å². The second-order valence-electron chi connectivity index (χ2n) is 7.29. The number of nitrogens with zero attached hydrogens (tertiary/aromatic N) is 1. The van der Waals surface area contributed by atoms with Crippen LogP contribution in [0, 0.1) is 11.6 Å². The number of carboxylic acid groups (broad SMARTS) is 1. The third-order valence-electron chi connectivity index (χ3n) is 5.23. The van der Waals surface area contributed by atoms with Crippen molar-refractivity contribution in [1.82, 2.24) is 4.98 Å². The zero-order valence-corrected chi connectivity index (χ0v) is 22.0. The van der Waals surface area contributed by atoms with Crippen LogP contribution in [0.4, 0.5) is 8.78 Å². The van der Waals surface area contributed by atoms with Crippen molar-refractivity contribution in [3.63, 3.8) is 0 Å². The fraction of sp³-hybridized carbons (Fsp3) is 0.167. The van der Waals surface area contributed by atoms with E-state index in [-0.39, 0.29) is 52.4 Å². The summed E-state index contributed by atoms with van der Waals surface area (Å²) >= 11 is 9.42. The van der Waals surface area contributed by atoms with E-state index in [1.807, 2.05) is 12.1 Å². The van der Waals surface area contributed by atoms with Gasteiger partial charge < -0.3 is 14.6 Å². The maximum absolute atomic E-state index is 14.0. The monoisotopic (exact) mass is 541 g/mol. The van der Waals surface area contributed by atoms with Crippen LogP contribution in [-0.2, 0) is 6.61 Å². The molecule has 0 unspecified atom stereocenters. The molecule has 33 heavy (non-hydrogen) atoms. The predicted octanol–water partition coefficient (Wildman–Crippen LogP) is 2.82. The first kappa shape index (κ1) is 25.8. The molecule has 0 spiro atoms. The number of allylic oxidation sites excluding steroid dienone is 2. The molecule has 1 aromatic heterocycles. The average Bonchev–Trinajstić information content (AvgIpc) is 3.23. The number of pyridine rings is 1. The number of halogens is 4. The van der Waals surface area contributed by atoms with Crippen molar-refractivity contribution >= 4 is 44.6 Å². The molecule has 0 aliphatic heterocycles. The minimum Gasteiger partial charge on any atom is -0.543 e. The number of rotatable bonds is 6. The summed E-state index contributed by atoms with van der Waals surface area (Å²) < 4.78 is 34.0. The number of carbonyl (C=O) groups excluding carboxylic acids is 1. The topological polar surface area (TPSA) is 62.2 Å². The van der Waals surface area contributed by atoms with Gasteiger partial charge in [0, 0.05) is 21.7 Å². The van der Waals surface area contributed by atoms with E-state index in [0.717, 1.165) is 40.1 Å². The molecule has 4 rings (SSSR count). The summed E-state index contributed by atoms with van der Waals surface area (Å²) in [6.07, 6.45) is 2.29. The molecule has 0 N–H and O–H groups in total. The first-order valence-corrected chi connectivity index (χ1v) is 11.0. The van der Waals surface area contributed by atoms with Crippen LogP contribution in [0.25, 0.3) is 11.1 Å². The van der Waals surface area contributed by atoms with E-state index < -0.39 is 17.6 Å². The number of aromatic nitrogens is 1. The van der Waals surface area contributed by atoms with Crippen molar-refractivity contribution in [3.8, 4) is 5.75 Å². The van der Waals surface area contributed by atoms with Crippen LogP contribution in [-0.4, -0.2) is 11.0 Å². The predicted molar refractivity (Wildman–Crippen MR) is 119 cm³/mol. The van der Waals surface area contributed by atoms with Crippen molar-refractivity contribution < 1.29 is 53.0 Å². The molecule has 4 nitrogen and oxygen atoms in total. The van der Waals surface area contributed by atoms with Crippen LogP contribution in [0.1, 0.15) is 46.6 Å². The summed E-state index contributed by atoms with van der Waals surface area (Å²) in [7, 11) is 0. The number of carbonyl (C=O) groups is 1. The van der Waals surface area contributed by atoms with Gasteiger partial charge >= 0.3 is 29.6 Å². The summed E-state index contributed by atoms with van der Waals surface area (Å²) in [6.45, 7) is -0.0720. The van der Waals surface area contributed by atoms with Crippen molar-refractivity contribution in [2.75, 3.05) is 0 Å². The average molecular weight is 543 g/mol. The molecule has 1 heterocycles. The van der Waals surface area contributed by atoms with Crippen LogP contribution < -0.4 is 39.4 Å². The summed E-state index contributed by atoms with van der Waals surface area (Å²) in [5.74, 6) is -2.24. The van der Waals surface area contributed by atoms with E-state index in [4.69, 9.17) is 16.3 Å². The van der Waals surface area contributed by atoms with Gasteiger partial charge in [0.25, 0.3) is 0 Å². The fourth-order valence-corrected chi connectivity index (χ4v) is 4.28. The molecule has 9 heteroatoms. The van der Waals surface area contributed by atoms with Gasteiger partial charge in [0.05, 0.1) is 16.7 Å². The summed E-state index contributed by atoms with van der Waals surface area (Å²) in [5.41, 5.74) is 3.08. The van der Waals surface area contributed by atoms with Crippen molar-refractivity contribution in [2.45, 2.75) is 25.9 Å². The molecule has 0 saturated heterocycles. The van der Waals surface area contributed by atoms with Crippen molar-refractivity contribution in [1.29, 1.82) is 0 Å². The number of aromatic carboxylic acids is 1. The molecule has 0 bridgehead atoms. The number of ether oxygens (including phenoxy) is 1. The van der Waals surface area contributed by atoms with E-state index in [2.05, 4.69) is 20.9 Å². The Hall–Kier alpha value is -1.77. The van der Waals surface area contributed by atoms with Crippen LogP contribution in [0.3, 0.4) is 0 Å². The molecular formula is C24H16BrClF2NNaO3. The van der Waals surface area contributed by atoms with Gasteiger partial charge in [-0.05, 0) is 72.9 Å². The molecule has 164 valence electrons. The minimum atomic E-state index is -1.44. The Kier molecular flexibility index (Phi) is 8.70. The SMILES string of the molecule is O=C([O-])c1nc(C2=C(c3cc(Br)ccc3OCc3ccc(F)cc3F)CCC2)ccc1Cl.[Na+]. The maximum Gasteiger partial charge on any atom is 1.00 e. The normalized spacial score (nSPS) is 13.1. The van der Waals surface area contributed by atoms with Gasteiger partial charge in [0.2, 0.25) is 0 Å². The van der Waals surface area contributed by atoms with E-state index in [1.54, 1.807) is 12.1 Å². The first-order valence-electron chi connectivity index (χ1n) is 9.80. The molecule has 1 aliphatic carbocycles. The smallest absolute Gasteiger partial charge is 0.543 e. The quantitative estimate of drug-likeness (QED) is 0.450. The summed E-state index contributed by atoms with van der Waals surface area (Å²) in [6, 6.07) is 12.0. The van der Waals surface area contributed by atoms with Gasteiger partial charge in [-0.3, -0.25) is 0 Å². The van der Waals surface area contributed by atoms with Crippen LogP contribution in [0.15, 0.2) is 53.0 Å². The number of hydrogen-bond donors (Lipinski definition) is 0. The largest absolute Gasteiger partial charge is 1.00 e. The van der Waals surface area contributed by atoms with Gasteiger partial charge in [-0.2, -0.15) is 0 Å². The minimum absolute atomic E-state index is 0. The number of hydrogen-bond acceptors (Lipinski definition) is 4. The Bertz CT molecular complexity index is 1250. The Labute approximate surface area is 225 Å². The third kappa shape index (κ3) is 5.84. The van der Waals surface area contributed by atoms with Crippen LogP contribution in [0.2, 0.25) is 5.02 Å². The van der Waals surface area contributed by atoms with Crippen LogP contribution in [0.5, 0.6) is 5.75 Å². The fourth-order valence-electron chi connectivity index (χ4n) is 3.74. The van der Waals surface area contributed by atoms with Crippen molar-refractivity contribution in [3.05, 3.63) is 92.2 Å². The van der Waals surface area contributed by atoms with Gasteiger partial charge in [-0.25, -0.2) is 13.8 Å². The summed E-state index contributed by atoms with van der Waals surface area (Å²) in [4.78, 5) is 15.6. The standard InChI is InChI=1S/C24H17BrClF2NO3.Na/c25-14-5-9-22(32-12-13-4-6-15(27)11-20(13)28)18(10-14)16-2-1-3-17(16)21-8-7-19(26)23(29-21)24(30)31;/h4-11H,1-3,12H2,(H,30,31);/q;+1/p-1. The first-order chi connectivity index (χ1) is 15.3. The van der Waals surface area contributed by atoms with Crippen LogP contribution >= 0.6 is 27.5 Å². The third-order valence-corrected chi connectivity index (χ3v) is 6.03. The van der Waals surface area contributed by atoms with E-state index in [1.165, 1.54) is 18.2 Å². The zero-order valence-electron chi connectivity index (χ0n) is 17.6. The molecular weight excluding hydrogens is 527 g/mol. The van der Waals surface area contributed by atoms with Gasteiger partial charge in [-0.1, -0.05) is 27.5 Å². The Balaban J connectivity index is 0.00000306. The molecule has 0 saturated carbocycles. The van der Waals surface area contributed by atoms with Gasteiger partial charge in [0.1, 0.15) is 29.7 Å². The molecule has 1 aliphatic rings.